The van der Waals surface area contributed by atoms with Crippen molar-refractivity contribution in [2.75, 3.05) is 5.75 Å². The van der Waals surface area contributed by atoms with E-state index in [1.54, 1.807) is 23.4 Å². The van der Waals surface area contributed by atoms with Crippen molar-refractivity contribution in [2.24, 2.45) is 7.05 Å². The molecule has 16 heavy (non-hydrogen) atoms. The highest BCUT2D eigenvalue weighted by Gasteiger charge is 2.11. The number of carboxylic acid groups (broad SMARTS) is 1. The minimum Gasteiger partial charge on any atom is -0.481 e. The van der Waals surface area contributed by atoms with E-state index >= 15 is 0 Å². The van der Waals surface area contributed by atoms with Crippen molar-refractivity contribution >= 4 is 29.1 Å². The number of hydrogen-bond acceptors (Lipinski definition) is 6. The van der Waals surface area contributed by atoms with Crippen LogP contribution in [-0.4, -0.2) is 36.6 Å². The van der Waals surface area contributed by atoms with Crippen LogP contribution in [-0.2, 0) is 11.8 Å². The number of nitrogens with zero attached hydrogens (tertiary/aromatic N) is 4. The quantitative estimate of drug-likeness (QED) is 0.825. The van der Waals surface area contributed by atoms with Gasteiger partial charge in [-0.3, -0.25) is 9.78 Å². The highest BCUT2D eigenvalue weighted by atomic mass is 32.2. The molecule has 0 aromatic carbocycles. The second-order valence-electron chi connectivity index (χ2n) is 2.89. The van der Waals surface area contributed by atoms with Gasteiger partial charge < -0.3 is 5.11 Å². The van der Waals surface area contributed by atoms with Crippen LogP contribution >= 0.6 is 23.1 Å². The molecule has 0 fully saturated rings. The van der Waals surface area contributed by atoms with Gasteiger partial charge in [0.25, 0.3) is 0 Å². The zero-order chi connectivity index (χ0) is 11.5. The van der Waals surface area contributed by atoms with Crippen LogP contribution in [0.5, 0.6) is 0 Å². The largest absolute Gasteiger partial charge is 0.481 e. The van der Waals surface area contributed by atoms with Gasteiger partial charge in [-0.1, -0.05) is 11.8 Å². The maximum Gasteiger partial charge on any atom is 0.313 e. The van der Waals surface area contributed by atoms with Crippen LogP contribution < -0.4 is 0 Å². The summed E-state index contributed by atoms with van der Waals surface area (Å²) in [6.45, 7) is 0. The number of aromatic nitrogens is 4. The predicted octanol–water partition coefficient (Wildman–Crippen LogP) is 1.12. The van der Waals surface area contributed by atoms with Gasteiger partial charge in [0, 0.05) is 13.2 Å². The van der Waals surface area contributed by atoms with E-state index in [1.807, 2.05) is 0 Å². The second kappa shape index (κ2) is 4.62. The Kier molecular flexibility index (Phi) is 3.20. The lowest BCUT2D eigenvalue weighted by atomic mass is 10.5. The van der Waals surface area contributed by atoms with Crippen molar-refractivity contribution < 1.29 is 9.90 Å². The topological polar surface area (TPSA) is 80.9 Å². The standard InChI is InChI=1S/C8H8N4O2S2/c1-12-8(15-3-6(13)14)10-7(11-12)5-2-9-4-16-5/h2,4H,3H2,1H3,(H,13,14). The number of thioether (sulfide) groups is 1. The van der Waals surface area contributed by atoms with Gasteiger partial charge in [0.15, 0.2) is 11.0 Å². The Labute approximate surface area is 99.3 Å². The summed E-state index contributed by atoms with van der Waals surface area (Å²) in [6.07, 6.45) is 1.69. The summed E-state index contributed by atoms with van der Waals surface area (Å²) >= 11 is 2.59. The molecule has 6 nitrogen and oxygen atoms in total. The molecule has 1 N–H and O–H groups in total. The van der Waals surface area contributed by atoms with Gasteiger partial charge in [0.1, 0.15) is 0 Å². The monoisotopic (exact) mass is 256 g/mol. The lowest BCUT2D eigenvalue weighted by Gasteiger charge is -1.94. The fourth-order valence-electron chi connectivity index (χ4n) is 1.05. The van der Waals surface area contributed by atoms with Crippen LogP contribution in [0.25, 0.3) is 10.7 Å². The van der Waals surface area contributed by atoms with Crippen molar-refractivity contribution in [1.29, 1.82) is 0 Å². The maximum absolute atomic E-state index is 10.4. The van der Waals surface area contributed by atoms with Crippen molar-refractivity contribution in [3.05, 3.63) is 11.7 Å². The molecule has 0 spiro atoms. The molecule has 0 aliphatic heterocycles. The number of carboxylic acids is 1. The molecule has 0 aliphatic carbocycles. The van der Waals surface area contributed by atoms with Gasteiger partial charge in [0.05, 0.1) is 16.1 Å². The van der Waals surface area contributed by atoms with E-state index in [0.717, 1.165) is 16.6 Å². The van der Waals surface area contributed by atoms with Crippen molar-refractivity contribution in [1.82, 2.24) is 19.7 Å². The van der Waals surface area contributed by atoms with E-state index in [2.05, 4.69) is 15.1 Å². The van der Waals surface area contributed by atoms with E-state index in [9.17, 15) is 4.79 Å². The average molecular weight is 256 g/mol. The molecule has 0 radical (unpaired) electrons. The van der Waals surface area contributed by atoms with Crippen LogP contribution in [0.15, 0.2) is 16.9 Å². The van der Waals surface area contributed by atoms with Crippen molar-refractivity contribution in [3.8, 4) is 10.7 Å². The predicted molar refractivity (Wildman–Crippen MR) is 60.5 cm³/mol. The number of carbonyl (C=O) groups is 1. The Hall–Kier alpha value is -1.41. The Morgan fingerprint density at radius 2 is 2.50 bits per heavy atom. The SMILES string of the molecule is Cn1nc(-c2cncs2)nc1SCC(=O)O. The van der Waals surface area contributed by atoms with Gasteiger partial charge >= 0.3 is 5.97 Å². The fraction of sp³-hybridized carbons (Fsp3) is 0.250. The molecule has 2 aromatic heterocycles. The van der Waals surface area contributed by atoms with Crippen LogP contribution in [0, 0.1) is 0 Å². The summed E-state index contributed by atoms with van der Waals surface area (Å²) < 4.78 is 1.57. The average Bonchev–Trinajstić information content (AvgIpc) is 2.83. The number of aliphatic carboxylic acids is 1. The van der Waals surface area contributed by atoms with E-state index in [1.165, 1.54) is 11.3 Å². The van der Waals surface area contributed by atoms with Gasteiger partial charge in [-0.2, -0.15) is 4.98 Å². The molecule has 0 aliphatic rings. The Morgan fingerprint density at radius 1 is 1.69 bits per heavy atom. The first kappa shape index (κ1) is 11.1. The molecule has 2 aromatic rings. The normalized spacial score (nSPS) is 10.6. The minimum atomic E-state index is -0.868. The lowest BCUT2D eigenvalue weighted by molar-refractivity contribution is -0.133. The number of aryl methyl sites for hydroxylation is 1. The first-order valence-electron chi connectivity index (χ1n) is 4.31. The Morgan fingerprint density at radius 3 is 3.12 bits per heavy atom. The van der Waals surface area contributed by atoms with Crippen LogP contribution in [0.1, 0.15) is 0 Å². The maximum atomic E-state index is 10.4. The summed E-state index contributed by atoms with van der Waals surface area (Å²) in [5, 5.41) is 13.4. The molecule has 84 valence electrons. The summed E-state index contributed by atoms with van der Waals surface area (Å²) in [4.78, 5) is 19.5. The van der Waals surface area contributed by atoms with Gasteiger partial charge in [-0.15, -0.1) is 16.4 Å². The van der Waals surface area contributed by atoms with Crippen LogP contribution in [0.2, 0.25) is 0 Å². The van der Waals surface area contributed by atoms with Crippen molar-refractivity contribution in [3.63, 3.8) is 0 Å². The third kappa shape index (κ3) is 2.39. The number of hydrogen-bond donors (Lipinski definition) is 1. The van der Waals surface area contributed by atoms with E-state index < -0.39 is 5.97 Å². The van der Waals surface area contributed by atoms with Gasteiger partial charge in [0.2, 0.25) is 0 Å². The van der Waals surface area contributed by atoms with E-state index in [-0.39, 0.29) is 5.75 Å². The first-order chi connectivity index (χ1) is 7.66. The first-order valence-corrected chi connectivity index (χ1v) is 6.18. The summed E-state index contributed by atoms with van der Waals surface area (Å²) in [5.41, 5.74) is 1.70. The zero-order valence-electron chi connectivity index (χ0n) is 8.32. The summed E-state index contributed by atoms with van der Waals surface area (Å²) in [7, 11) is 1.74. The molecule has 0 unspecified atom stereocenters. The minimum absolute atomic E-state index is 0.0192. The molecule has 0 atom stereocenters. The third-order valence-electron chi connectivity index (χ3n) is 1.70. The Balaban J connectivity index is 2.19. The molecule has 0 saturated heterocycles. The van der Waals surface area contributed by atoms with Gasteiger partial charge in [-0.25, -0.2) is 4.68 Å². The van der Waals surface area contributed by atoms with Crippen LogP contribution in [0.3, 0.4) is 0 Å². The lowest BCUT2D eigenvalue weighted by Crippen LogP contribution is -2.00. The fourth-order valence-corrected chi connectivity index (χ4v) is 2.23. The summed E-state index contributed by atoms with van der Waals surface area (Å²) in [6, 6.07) is 0. The molecule has 0 saturated carbocycles. The Bertz CT molecular complexity index is 494. The van der Waals surface area contributed by atoms with E-state index in [4.69, 9.17) is 5.11 Å². The summed E-state index contributed by atoms with van der Waals surface area (Å²) in [5.74, 6) is -0.306. The zero-order valence-corrected chi connectivity index (χ0v) is 9.96. The molecule has 2 heterocycles. The molecule has 2 rings (SSSR count). The van der Waals surface area contributed by atoms with E-state index in [0.29, 0.717) is 11.0 Å². The number of rotatable bonds is 4. The molecular formula is C8H8N4O2S2. The van der Waals surface area contributed by atoms with Crippen molar-refractivity contribution in [2.45, 2.75) is 5.16 Å². The van der Waals surface area contributed by atoms with Crippen LogP contribution in [0.4, 0.5) is 0 Å². The molecule has 0 amide bonds. The highest BCUT2D eigenvalue weighted by Crippen LogP contribution is 2.23. The third-order valence-corrected chi connectivity index (χ3v) is 3.47. The second-order valence-corrected chi connectivity index (χ2v) is 4.72. The molecule has 8 heteroatoms. The number of thiazole rings is 1. The van der Waals surface area contributed by atoms with Gasteiger partial charge in [-0.05, 0) is 0 Å². The molecule has 0 bridgehead atoms. The molecular weight excluding hydrogens is 248 g/mol. The highest BCUT2D eigenvalue weighted by molar-refractivity contribution is 7.99. The smallest absolute Gasteiger partial charge is 0.313 e.